The van der Waals surface area contributed by atoms with Gasteiger partial charge in [0.25, 0.3) is 0 Å². The zero-order chi connectivity index (χ0) is 15.4. The Balaban J connectivity index is 2.15. The highest BCUT2D eigenvalue weighted by Crippen LogP contribution is 2.21. The van der Waals surface area contributed by atoms with Gasteiger partial charge in [-0.05, 0) is 19.9 Å². The van der Waals surface area contributed by atoms with Gasteiger partial charge in [0.05, 0.1) is 24.1 Å². The number of pyridine rings is 1. The lowest BCUT2D eigenvalue weighted by Gasteiger charge is -2.11. The topological polar surface area (TPSA) is 95.1 Å². The molecule has 0 saturated carbocycles. The molecule has 0 atom stereocenters. The summed E-state index contributed by atoms with van der Waals surface area (Å²) in [6.07, 6.45) is 3.31. The fourth-order valence-electron chi connectivity index (χ4n) is 1.90. The highest BCUT2D eigenvalue weighted by Gasteiger charge is 2.14. The van der Waals surface area contributed by atoms with Gasteiger partial charge in [0, 0.05) is 31.0 Å². The van der Waals surface area contributed by atoms with Crippen molar-refractivity contribution in [2.75, 3.05) is 17.7 Å². The van der Waals surface area contributed by atoms with E-state index in [1.165, 1.54) is 6.20 Å². The van der Waals surface area contributed by atoms with Crippen LogP contribution in [0, 0.1) is 6.92 Å². The van der Waals surface area contributed by atoms with E-state index in [1.54, 1.807) is 23.9 Å². The molecule has 112 valence electrons. The molecular formula is C14H19N5O2. The maximum atomic E-state index is 11.8. The Bertz CT molecular complexity index is 651. The number of nitrogens with zero attached hydrogens (tertiary/aromatic N) is 3. The number of carbonyl (C=O) groups excluding carboxylic acids is 1. The number of ether oxygens (including phenoxy) is 1. The van der Waals surface area contributed by atoms with Gasteiger partial charge < -0.3 is 15.8 Å². The summed E-state index contributed by atoms with van der Waals surface area (Å²) in [6.45, 7) is 4.57. The van der Waals surface area contributed by atoms with Crippen LogP contribution in [-0.2, 0) is 18.3 Å². The van der Waals surface area contributed by atoms with E-state index >= 15 is 0 Å². The number of aromatic nitrogens is 3. The Morgan fingerprint density at radius 3 is 2.90 bits per heavy atom. The van der Waals surface area contributed by atoms with Crippen molar-refractivity contribution < 1.29 is 9.53 Å². The molecule has 0 amide bonds. The van der Waals surface area contributed by atoms with E-state index in [4.69, 9.17) is 10.5 Å². The van der Waals surface area contributed by atoms with Gasteiger partial charge in [-0.25, -0.2) is 9.78 Å². The molecule has 7 heteroatoms. The Morgan fingerprint density at radius 2 is 2.29 bits per heavy atom. The van der Waals surface area contributed by atoms with Crippen LogP contribution in [0.15, 0.2) is 18.5 Å². The minimum atomic E-state index is -0.446. The molecule has 0 spiro atoms. The van der Waals surface area contributed by atoms with E-state index in [1.807, 2.05) is 14.0 Å². The van der Waals surface area contributed by atoms with E-state index in [0.717, 1.165) is 11.3 Å². The Labute approximate surface area is 123 Å². The molecule has 2 aromatic heterocycles. The molecule has 0 saturated heterocycles. The molecule has 2 rings (SSSR count). The van der Waals surface area contributed by atoms with Gasteiger partial charge in [0.1, 0.15) is 5.82 Å². The molecule has 21 heavy (non-hydrogen) atoms. The van der Waals surface area contributed by atoms with Crippen LogP contribution in [0.1, 0.15) is 28.5 Å². The lowest BCUT2D eigenvalue weighted by molar-refractivity contribution is 0.0527. The first-order valence-corrected chi connectivity index (χ1v) is 6.67. The molecule has 0 fully saturated rings. The fraction of sp³-hybridized carbons (Fsp3) is 0.357. The van der Waals surface area contributed by atoms with Crippen molar-refractivity contribution in [2.24, 2.45) is 7.05 Å². The lowest BCUT2D eigenvalue weighted by atomic mass is 10.2. The summed E-state index contributed by atoms with van der Waals surface area (Å²) in [5.41, 5.74) is 8.68. The number of esters is 1. The van der Waals surface area contributed by atoms with Crippen LogP contribution in [0.2, 0.25) is 0 Å². The molecule has 7 nitrogen and oxygen atoms in total. The Kier molecular flexibility index (Phi) is 4.42. The molecule has 0 bridgehead atoms. The number of carbonyl (C=O) groups is 1. The first-order chi connectivity index (χ1) is 10.0. The second kappa shape index (κ2) is 6.25. The molecule has 2 aromatic rings. The zero-order valence-electron chi connectivity index (χ0n) is 12.4. The van der Waals surface area contributed by atoms with Crippen molar-refractivity contribution in [2.45, 2.75) is 20.4 Å². The third-order valence-electron chi connectivity index (χ3n) is 3.27. The lowest BCUT2D eigenvalue weighted by Crippen LogP contribution is -2.12. The highest BCUT2D eigenvalue weighted by atomic mass is 16.5. The quantitative estimate of drug-likeness (QED) is 0.810. The Morgan fingerprint density at radius 1 is 1.52 bits per heavy atom. The maximum absolute atomic E-state index is 11.8. The summed E-state index contributed by atoms with van der Waals surface area (Å²) < 4.78 is 6.76. The number of hydrogen-bond donors (Lipinski definition) is 2. The largest absolute Gasteiger partial charge is 0.462 e. The summed E-state index contributed by atoms with van der Waals surface area (Å²) >= 11 is 0. The van der Waals surface area contributed by atoms with Crippen LogP contribution in [0.5, 0.6) is 0 Å². The first kappa shape index (κ1) is 14.8. The molecular weight excluding hydrogens is 270 g/mol. The maximum Gasteiger partial charge on any atom is 0.340 e. The van der Waals surface area contributed by atoms with Crippen molar-refractivity contribution in [1.29, 1.82) is 0 Å². The van der Waals surface area contributed by atoms with Crippen LogP contribution >= 0.6 is 0 Å². The third-order valence-corrected chi connectivity index (χ3v) is 3.27. The SMILES string of the molecule is CCOC(=O)c1ccnc(NCc2cnn(C)c2C)c1N. The fourth-order valence-corrected chi connectivity index (χ4v) is 1.90. The molecule has 0 aliphatic rings. The summed E-state index contributed by atoms with van der Waals surface area (Å²) in [5.74, 6) is 0.0156. The molecule has 0 aliphatic carbocycles. The molecule has 3 N–H and O–H groups in total. The van der Waals surface area contributed by atoms with Crippen molar-refractivity contribution in [3.63, 3.8) is 0 Å². The van der Waals surface area contributed by atoms with Crippen molar-refractivity contribution >= 4 is 17.5 Å². The van der Waals surface area contributed by atoms with Gasteiger partial charge in [-0.2, -0.15) is 5.10 Å². The van der Waals surface area contributed by atoms with Crippen molar-refractivity contribution in [1.82, 2.24) is 14.8 Å². The predicted molar refractivity (Wildman–Crippen MR) is 79.9 cm³/mol. The van der Waals surface area contributed by atoms with Crippen LogP contribution in [0.3, 0.4) is 0 Å². The predicted octanol–water partition coefficient (Wildman–Crippen LogP) is 1.49. The zero-order valence-corrected chi connectivity index (χ0v) is 12.4. The minimum Gasteiger partial charge on any atom is -0.462 e. The van der Waals surface area contributed by atoms with Gasteiger partial charge >= 0.3 is 5.97 Å². The molecule has 0 radical (unpaired) electrons. The summed E-state index contributed by atoms with van der Waals surface area (Å²) in [4.78, 5) is 15.9. The minimum absolute atomic E-state index is 0.289. The summed E-state index contributed by atoms with van der Waals surface area (Å²) in [6, 6.07) is 1.55. The molecule has 0 aromatic carbocycles. The van der Waals surface area contributed by atoms with Gasteiger partial charge in [-0.1, -0.05) is 0 Å². The molecule has 0 unspecified atom stereocenters. The Hall–Kier alpha value is -2.57. The number of anilines is 2. The van der Waals surface area contributed by atoms with Crippen LogP contribution in [0.4, 0.5) is 11.5 Å². The summed E-state index contributed by atoms with van der Waals surface area (Å²) in [7, 11) is 1.88. The van der Waals surface area contributed by atoms with Crippen LogP contribution in [-0.4, -0.2) is 27.3 Å². The van der Waals surface area contributed by atoms with Crippen LogP contribution < -0.4 is 11.1 Å². The number of rotatable bonds is 5. The van der Waals surface area contributed by atoms with E-state index < -0.39 is 5.97 Å². The second-order valence-electron chi connectivity index (χ2n) is 4.57. The monoisotopic (exact) mass is 289 g/mol. The highest BCUT2D eigenvalue weighted by molar-refractivity contribution is 5.97. The average molecular weight is 289 g/mol. The van der Waals surface area contributed by atoms with Gasteiger partial charge in [0.15, 0.2) is 0 Å². The van der Waals surface area contributed by atoms with E-state index in [2.05, 4.69) is 15.4 Å². The van der Waals surface area contributed by atoms with Gasteiger partial charge in [0.2, 0.25) is 0 Å². The van der Waals surface area contributed by atoms with Crippen LogP contribution in [0.25, 0.3) is 0 Å². The van der Waals surface area contributed by atoms with E-state index in [0.29, 0.717) is 24.5 Å². The number of hydrogen-bond acceptors (Lipinski definition) is 6. The average Bonchev–Trinajstić information content (AvgIpc) is 2.78. The number of aryl methyl sites for hydroxylation is 1. The standard InChI is InChI=1S/C14H19N5O2/c1-4-21-14(20)11-5-6-16-13(12(11)15)17-7-10-8-18-19(3)9(10)2/h5-6,8H,4,7,15H2,1-3H3,(H,16,17). The number of nitrogen functional groups attached to an aromatic ring is 1. The molecule has 2 heterocycles. The number of nitrogens with one attached hydrogen (secondary N) is 1. The van der Waals surface area contributed by atoms with Crippen molar-refractivity contribution in [3.05, 3.63) is 35.3 Å². The summed E-state index contributed by atoms with van der Waals surface area (Å²) in [5, 5.41) is 7.30. The van der Waals surface area contributed by atoms with E-state index in [-0.39, 0.29) is 5.69 Å². The number of nitrogens with two attached hydrogens (primary N) is 1. The normalized spacial score (nSPS) is 10.4. The van der Waals surface area contributed by atoms with Crippen molar-refractivity contribution in [3.8, 4) is 0 Å². The first-order valence-electron chi connectivity index (χ1n) is 6.67. The van der Waals surface area contributed by atoms with Gasteiger partial charge in [-0.15, -0.1) is 0 Å². The smallest absolute Gasteiger partial charge is 0.340 e. The molecule has 0 aliphatic heterocycles. The second-order valence-corrected chi connectivity index (χ2v) is 4.57. The van der Waals surface area contributed by atoms with E-state index in [9.17, 15) is 4.79 Å². The van der Waals surface area contributed by atoms with Gasteiger partial charge in [-0.3, -0.25) is 4.68 Å². The third kappa shape index (κ3) is 3.13.